The first-order chi connectivity index (χ1) is 14.6. The molecule has 30 heavy (non-hydrogen) atoms. The van der Waals surface area contributed by atoms with Crippen LogP contribution < -0.4 is 10.1 Å². The third-order valence-corrected chi connectivity index (χ3v) is 5.05. The van der Waals surface area contributed by atoms with Crippen molar-refractivity contribution in [2.45, 2.75) is 19.8 Å². The first kappa shape index (κ1) is 21.4. The third kappa shape index (κ3) is 5.83. The van der Waals surface area contributed by atoms with Crippen molar-refractivity contribution in [3.8, 4) is 5.75 Å². The van der Waals surface area contributed by atoms with Crippen LogP contribution in [-0.4, -0.2) is 49.1 Å². The Morgan fingerprint density at radius 2 is 1.63 bits per heavy atom. The van der Waals surface area contributed by atoms with Gasteiger partial charge in [0.05, 0.1) is 6.61 Å². The molecule has 1 N–H and O–H groups in total. The second-order valence-electron chi connectivity index (χ2n) is 7.12. The zero-order valence-electron chi connectivity index (χ0n) is 17.0. The van der Waals surface area contributed by atoms with Crippen LogP contribution in [-0.2, 0) is 4.74 Å². The van der Waals surface area contributed by atoms with Crippen molar-refractivity contribution in [1.82, 2.24) is 10.2 Å². The summed E-state index contributed by atoms with van der Waals surface area (Å²) in [6.07, 6.45) is 0.933. The number of nitrogens with zero attached hydrogens (tertiary/aromatic N) is 1. The third-order valence-electron chi connectivity index (χ3n) is 5.05. The van der Waals surface area contributed by atoms with E-state index in [0.717, 1.165) is 12.8 Å². The summed E-state index contributed by atoms with van der Waals surface area (Å²) >= 11 is 0. The molecule has 0 radical (unpaired) electrons. The Morgan fingerprint density at radius 1 is 0.967 bits per heavy atom. The summed E-state index contributed by atoms with van der Waals surface area (Å²) < 4.78 is 9.69. The van der Waals surface area contributed by atoms with Crippen LogP contribution >= 0.6 is 0 Å². The highest BCUT2D eigenvalue weighted by Gasteiger charge is 2.24. The molecule has 1 aliphatic heterocycles. The van der Waals surface area contributed by atoms with E-state index in [2.05, 4.69) is 5.32 Å². The Bertz CT molecular complexity index is 859. The number of likely N-dealkylation sites (tertiary alicyclic amines) is 1. The average molecular weight is 410 g/mol. The molecule has 0 aliphatic carbocycles. The van der Waals surface area contributed by atoms with Crippen LogP contribution in [0.5, 0.6) is 5.75 Å². The van der Waals surface area contributed by atoms with Gasteiger partial charge in [-0.3, -0.25) is 9.59 Å². The van der Waals surface area contributed by atoms with Gasteiger partial charge in [-0.05, 0) is 62.1 Å². The Kier molecular flexibility index (Phi) is 7.43. The highest BCUT2D eigenvalue weighted by molar-refractivity contribution is 5.94. The predicted octanol–water partition coefficient (Wildman–Crippen LogP) is 3.50. The van der Waals surface area contributed by atoms with Gasteiger partial charge in [-0.15, -0.1) is 0 Å². The van der Waals surface area contributed by atoms with Gasteiger partial charge < -0.3 is 19.7 Å². The van der Waals surface area contributed by atoms with Crippen LogP contribution in [0, 0.1) is 5.92 Å². The summed E-state index contributed by atoms with van der Waals surface area (Å²) in [4.78, 5) is 38.1. The first-order valence-corrected chi connectivity index (χ1v) is 10.1. The van der Waals surface area contributed by atoms with E-state index in [1.165, 1.54) is 0 Å². The molecule has 1 saturated heterocycles. The largest absolute Gasteiger partial charge is 0.513 e. The predicted molar refractivity (Wildman–Crippen MR) is 111 cm³/mol. The number of hydrogen-bond acceptors (Lipinski definition) is 5. The molecule has 2 aromatic rings. The van der Waals surface area contributed by atoms with Crippen molar-refractivity contribution in [2.24, 2.45) is 5.92 Å². The summed E-state index contributed by atoms with van der Waals surface area (Å²) in [5.74, 6) is 0.532. The maximum absolute atomic E-state index is 12.5. The van der Waals surface area contributed by atoms with Crippen molar-refractivity contribution >= 4 is 18.0 Å². The fraction of sp³-hybridized carbons (Fsp3) is 0.348. The lowest BCUT2D eigenvalue weighted by molar-refractivity contribution is 0.0684. The number of hydrogen-bond donors (Lipinski definition) is 1. The molecule has 0 atom stereocenters. The standard InChI is InChI=1S/C23H26N2O5/c1-2-29-23(28)30-20-10-8-18(9-11-20)21(26)24-16-17-12-14-25(15-13-17)22(27)19-6-4-3-5-7-19/h3-11,17H,2,12-16H2,1H3,(H,24,26). The minimum Gasteiger partial charge on any atom is -0.434 e. The lowest BCUT2D eigenvalue weighted by Crippen LogP contribution is -2.41. The lowest BCUT2D eigenvalue weighted by Gasteiger charge is -2.32. The van der Waals surface area contributed by atoms with Crippen molar-refractivity contribution in [3.05, 3.63) is 65.7 Å². The molecule has 3 rings (SSSR count). The number of amides is 2. The molecule has 0 bridgehead atoms. The van der Waals surface area contributed by atoms with Gasteiger partial charge in [0.1, 0.15) is 5.75 Å². The van der Waals surface area contributed by atoms with E-state index in [1.54, 1.807) is 31.2 Å². The smallest absolute Gasteiger partial charge is 0.434 e. The Balaban J connectivity index is 1.42. The molecule has 1 aliphatic rings. The fourth-order valence-corrected chi connectivity index (χ4v) is 3.36. The van der Waals surface area contributed by atoms with Crippen LogP contribution in [0.15, 0.2) is 54.6 Å². The Labute approximate surface area is 176 Å². The van der Waals surface area contributed by atoms with Gasteiger partial charge in [0.15, 0.2) is 0 Å². The highest BCUT2D eigenvalue weighted by Crippen LogP contribution is 2.19. The first-order valence-electron chi connectivity index (χ1n) is 10.1. The van der Waals surface area contributed by atoms with Crippen LogP contribution in [0.25, 0.3) is 0 Å². The normalized spacial score (nSPS) is 14.1. The monoisotopic (exact) mass is 410 g/mol. The van der Waals surface area contributed by atoms with E-state index in [9.17, 15) is 14.4 Å². The van der Waals surface area contributed by atoms with Gasteiger partial charge in [0.25, 0.3) is 11.8 Å². The molecule has 7 nitrogen and oxygen atoms in total. The van der Waals surface area contributed by atoms with Crippen LogP contribution in [0.1, 0.15) is 40.5 Å². The van der Waals surface area contributed by atoms with Crippen molar-refractivity contribution in [3.63, 3.8) is 0 Å². The Morgan fingerprint density at radius 3 is 2.27 bits per heavy atom. The molecule has 0 aromatic heterocycles. The van der Waals surface area contributed by atoms with E-state index in [4.69, 9.17) is 9.47 Å². The van der Waals surface area contributed by atoms with Gasteiger partial charge in [-0.25, -0.2) is 4.79 Å². The molecule has 7 heteroatoms. The van der Waals surface area contributed by atoms with E-state index in [1.807, 2.05) is 35.2 Å². The summed E-state index contributed by atoms with van der Waals surface area (Å²) in [6.45, 7) is 3.87. The van der Waals surface area contributed by atoms with Crippen molar-refractivity contribution in [2.75, 3.05) is 26.2 Å². The number of ether oxygens (including phenoxy) is 2. The van der Waals surface area contributed by atoms with E-state index in [-0.39, 0.29) is 18.4 Å². The van der Waals surface area contributed by atoms with Gasteiger partial charge in [0, 0.05) is 30.8 Å². The topological polar surface area (TPSA) is 84.9 Å². The molecule has 0 unspecified atom stereocenters. The molecule has 2 aromatic carbocycles. The quantitative estimate of drug-likeness (QED) is 0.582. The molecule has 0 spiro atoms. The van der Waals surface area contributed by atoms with Gasteiger partial charge in [0.2, 0.25) is 0 Å². The minimum atomic E-state index is -0.771. The minimum absolute atomic E-state index is 0.0585. The number of carbonyl (C=O) groups is 3. The number of benzene rings is 2. The molecular weight excluding hydrogens is 384 g/mol. The summed E-state index contributed by atoms with van der Waals surface area (Å²) in [6, 6.07) is 15.6. The van der Waals surface area contributed by atoms with Crippen molar-refractivity contribution in [1.29, 1.82) is 0 Å². The number of rotatable bonds is 6. The zero-order valence-corrected chi connectivity index (χ0v) is 17.0. The number of carbonyl (C=O) groups excluding carboxylic acids is 3. The zero-order chi connectivity index (χ0) is 21.3. The summed E-state index contributed by atoms with van der Waals surface area (Å²) in [7, 11) is 0. The number of piperidine rings is 1. The fourth-order valence-electron chi connectivity index (χ4n) is 3.36. The van der Waals surface area contributed by atoms with Gasteiger partial charge in [-0.1, -0.05) is 18.2 Å². The molecule has 0 saturated carbocycles. The Hall–Kier alpha value is -3.35. The summed E-state index contributed by atoms with van der Waals surface area (Å²) in [5, 5.41) is 2.95. The maximum Gasteiger partial charge on any atom is 0.513 e. The molecule has 1 fully saturated rings. The SMILES string of the molecule is CCOC(=O)Oc1ccc(C(=O)NCC2CCN(C(=O)c3ccccc3)CC2)cc1. The van der Waals surface area contributed by atoms with E-state index >= 15 is 0 Å². The summed E-state index contributed by atoms with van der Waals surface area (Å²) in [5.41, 5.74) is 1.20. The lowest BCUT2D eigenvalue weighted by atomic mass is 9.96. The molecular formula is C23H26N2O5. The van der Waals surface area contributed by atoms with Crippen LogP contribution in [0.4, 0.5) is 4.79 Å². The average Bonchev–Trinajstić information content (AvgIpc) is 2.78. The second kappa shape index (κ2) is 10.4. The molecule has 158 valence electrons. The highest BCUT2D eigenvalue weighted by atomic mass is 16.7. The van der Waals surface area contributed by atoms with Crippen molar-refractivity contribution < 1.29 is 23.9 Å². The van der Waals surface area contributed by atoms with Gasteiger partial charge >= 0.3 is 6.16 Å². The van der Waals surface area contributed by atoms with Gasteiger partial charge in [-0.2, -0.15) is 0 Å². The molecule has 2 amide bonds. The van der Waals surface area contributed by atoms with Crippen LogP contribution in [0.2, 0.25) is 0 Å². The van der Waals surface area contributed by atoms with E-state index < -0.39 is 6.16 Å². The second-order valence-corrected chi connectivity index (χ2v) is 7.12. The van der Waals surface area contributed by atoms with Crippen LogP contribution in [0.3, 0.4) is 0 Å². The maximum atomic E-state index is 12.5. The number of nitrogens with one attached hydrogen (secondary N) is 1. The molecule has 1 heterocycles. The van der Waals surface area contributed by atoms with E-state index in [0.29, 0.717) is 42.4 Å².